The van der Waals surface area contributed by atoms with Gasteiger partial charge in [-0.1, -0.05) is 0 Å². The summed E-state index contributed by atoms with van der Waals surface area (Å²) in [5.41, 5.74) is 2.30. The van der Waals surface area contributed by atoms with Crippen LogP contribution in [0, 0.1) is 13.8 Å². The van der Waals surface area contributed by atoms with Crippen LogP contribution in [-0.2, 0) is 11.3 Å². The number of hydrogen-bond donors (Lipinski definition) is 2. The Labute approximate surface area is 134 Å². The zero-order chi connectivity index (χ0) is 17.0. The summed E-state index contributed by atoms with van der Waals surface area (Å²) in [5, 5.41) is 20.1. The Morgan fingerprint density at radius 3 is 2.74 bits per heavy atom. The molecule has 2 aromatic heterocycles. The maximum absolute atomic E-state index is 12.1. The fourth-order valence-electron chi connectivity index (χ4n) is 2.33. The van der Waals surface area contributed by atoms with Crippen molar-refractivity contribution in [1.82, 2.24) is 24.9 Å². The first-order valence-electron chi connectivity index (χ1n) is 7.45. The van der Waals surface area contributed by atoms with Gasteiger partial charge in [0.1, 0.15) is 11.7 Å². The summed E-state index contributed by atoms with van der Waals surface area (Å²) in [7, 11) is 0. The Balaban J connectivity index is 1.87. The van der Waals surface area contributed by atoms with E-state index in [0.717, 1.165) is 17.8 Å². The lowest BCUT2D eigenvalue weighted by atomic mass is 10.3. The van der Waals surface area contributed by atoms with E-state index in [2.05, 4.69) is 15.5 Å². The highest BCUT2D eigenvalue weighted by Crippen LogP contribution is 2.09. The summed E-state index contributed by atoms with van der Waals surface area (Å²) in [5.74, 6) is -1.36. The molecule has 0 spiro atoms. The van der Waals surface area contributed by atoms with E-state index in [0.29, 0.717) is 13.1 Å². The molecule has 0 bridgehead atoms. The molecule has 0 aliphatic heterocycles. The van der Waals surface area contributed by atoms with Gasteiger partial charge in [-0.15, -0.1) is 0 Å². The van der Waals surface area contributed by atoms with Gasteiger partial charge in [0, 0.05) is 25.0 Å². The largest absolute Gasteiger partial charge is 0.480 e. The first-order chi connectivity index (χ1) is 10.9. The maximum Gasteiger partial charge on any atom is 0.328 e. The van der Waals surface area contributed by atoms with Crippen LogP contribution in [0.15, 0.2) is 18.3 Å². The molecule has 124 valence electrons. The van der Waals surface area contributed by atoms with E-state index in [9.17, 15) is 9.59 Å². The van der Waals surface area contributed by atoms with E-state index in [1.807, 2.05) is 24.6 Å². The fourth-order valence-corrected chi connectivity index (χ4v) is 2.33. The lowest BCUT2D eigenvalue weighted by molar-refractivity contribution is -0.140. The van der Waals surface area contributed by atoms with E-state index in [1.54, 1.807) is 0 Å². The monoisotopic (exact) mass is 319 g/mol. The lowest BCUT2D eigenvalue weighted by Gasteiger charge is -2.11. The van der Waals surface area contributed by atoms with Crippen LogP contribution in [0.5, 0.6) is 0 Å². The predicted octanol–water partition coefficient (Wildman–Crippen LogP) is 1.16. The zero-order valence-electron chi connectivity index (χ0n) is 13.5. The summed E-state index contributed by atoms with van der Waals surface area (Å²) in [6, 6.07) is 2.63. The summed E-state index contributed by atoms with van der Waals surface area (Å²) < 4.78 is 3.11. The Hall–Kier alpha value is -2.64. The summed E-state index contributed by atoms with van der Waals surface area (Å²) in [6.45, 7) is 6.60. The van der Waals surface area contributed by atoms with Crippen molar-refractivity contribution in [3.8, 4) is 0 Å². The molecule has 0 radical (unpaired) electrons. The van der Waals surface area contributed by atoms with Crippen molar-refractivity contribution in [1.29, 1.82) is 0 Å². The standard InChI is InChI=1S/C15H21N5O3/c1-10-9-11(2)19(18-10)8-4-6-16-14(21)13-5-7-17-20(13)12(3)15(22)23/h5,7,9,12H,4,6,8H2,1-3H3,(H,16,21)(H,22,23). The zero-order valence-corrected chi connectivity index (χ0v) is 13.5. The van der Waals surface area contributed by atoms with Crippen molar-refractivity contribution in [3.63, 3.8) is 0 Å². The van der Waals surface area contributed by atoms with E-state index < -0.39 is 12.0 Å². The molecule has 2 rings (SSSR count). The van der Waals surface area contributed by atoms with Gasteiger partial charge in [0.2, 0.25) is 0 Å². The highest BCUT2D eigenvalue weighted by atomic mass is 16.4. The van der Waals surface area contributed by atoms with Gasteiger partial charge in [0.25, 0.3) is 5.91 Å². The first kappa shape index (κ1) is 16.7. The highest BCUT2D eigenvalue weighted by molar-refractivity contribution is 5.93. The van der Waals surface area contributed by atoms with Crippen molar-refractivity contribution < 1.29 is 14.7 Å². The predicted molar refractivity (Wildman–Crippen MR) is 83.2 cm³/mol. The van der Waals surface area contributed by atoms with E-state index in [-0.39, 0.29) is 11.6 Å². The average Bonchev–Trinajstić information content (AvgIpc) is 3.09. The van der Waals surface area contributed by atoms with Crippen molar-refractivity contribution in [2.75, 3.05) is 6.54 Å². The number of carboxylic acids is 1. The van der Waals surface area contributed by atoms with Crippen LogP contribution in [0.4, 0.5) is 0 Å². The van der Waals surface area contributed by atoms with Crippen LogP contribution in [0.2, 0.25) is 0 Å². The third kappa shape index (κ3) is 3.97. The number of aryl methyl sites for hydroxylation is 3. The van der Waals surface area contributed by atoms with Gasteiger partial charge >= 0.3 is 5.97 Å². The van der Waals surface area contributed by atoms with Crippen molar-refractivity contribution in [3.05, 3.63) is 35.4 Å². The third-order valence-electron chi connectivity index (χ3n) is 3.56. The van der Waals surface area contributed by atoms with Gasteiger partial charge in [-0.2, -0.15) is 10.2 Å². The van der Waals surface area contributed by atoms with Crippen LogP contribution in [-0.4, -0.2) is 43.1 Å². The molecule has 1 unspecified atom stereocenters. The first-order valence-corrected chi connectivity index (χ1v) is 7.45. The normalized spacial score (nSPS) is 12.1. The number of nitrogens with one attached hydrogen (secondary N) is 1. The molecule has 0 saturated carbocycles. The minimum absolute atomic E-state index is 0.242. The molecule has 0 aliphatic rings. The molecule has 0 saturated heterocycles. The number of carbonyl (C=O) groups excluding carboxylic acids is 1. The number of hydrogen-bond acceptors (Lipinski definition) is 4. The lowest BCUT2D eigenvalue weighted by Crippen LogP contribution is -2.30. The molecule has 1 amide bonds. The van der Waals surface area contributed by atoms with Crippen LogP contribution in [0.3, 0.4) is 0 Å². The Kier molecular flexibility index (Phi) is 5.15. The number of aliphatic carboxylic acids is 1. The quantitative estimate of drug-likeness (QED) is 0.746. The Morgan fingerprint density at radius 1 is 1.39 bits per heavy atom. The molecular weight excluding hydrogens is 298 g/mol. The van der Waals surface area contributed by atoms with Crippen molar-refractivity contribution in [2.24, 2.45) is 0 Å². The topological polar surface area (TPSA) is 102 Å². The second kappa shape index (κ2) is 7.08. The van der Waals surface area contributed by atoms with Gasteiger partial charge in [-0.3, -0.25) is 9.48 Å². The Morgan fingerprint density at radius 2 is 2.13 bits per heavy atom. The second-order valence-electron chi connectivity index (χ2n) is 5.43. The molecule has 8 heteroatoms. The third-order valence-corrected chi connectivity index (χ3v) is 3.56. The number of amides is 1. The van der Waals surface area contributed by atoms with Gasteiger partial charge < -0.3 is 10.4 Å². The number of carboxylic acid groups (broad SMARTS) is 1. The molecule has 2 heterocycles. The van der Waals surface area contributed by atoms with E-state index in [1.165, 1.54) is 23.9 Å². The number of carbonyl (C=O) groups is 2. The molecule has 23 heavy (non-hydrogen) atoms. The number of nitrogens with zero attached hydrogens (tertiary/aromatic N) is 4. The average molecular weight is 319 g/mol. The Bertz CT molecular complexity index is 704. The SMILES string of the molecule is Cc1cc(C)n(CCCNC(=O)c2ccnn2C(C)C(=O)O)n1. The highest BCUT2D eigenvalue weighted by Gasteiger charge is 2.20. The summed E-state index contributed by atoms with van der Waals surface area (Å²) >= 11 is 0. The van der Waals surface area contributed by atoms with E-state index in [4.69, 9.17) is 5.11 Å². The van der Waals surface area contributed by atoms with Crippen LogP contribution < -0.4 is 5.32 Å². The van der Waals surface area contributed by atoms with Gasteiger partial charge in [-0.25, -0.2) is 9.48 Å². The molecule has 8 nitrogen and oxygen atoms in total. The van der Waals surface area contributed by atoms with Crippen LogP contribution >= 0.6 is 0 Å². The smallest absolute Gasteiger partial charge is 0.328 e. The van der Waals surface area contributed by atoms with Gasteiger partial charge in [0.15, 0.2) is 0 Å². The number of rotatable bonds is 7. The van der Waals surface area contributed by atoms with Crippen molar-refractivity contribution in [2.45, 2.75) is 39.8 Å². The number of aromatic nitrogens is 4. The van der Waals surface area contributed by atoms with Crippen LogP contribution in [0.25, 0.3) is 0 Å². The van der Waals surface area contributed by atoms with Crippen LogP contribution in [0.1, 0.15) is 41.3 Å². The molecule has 0 aliphatic carbocycles. The molecule has 1 atom stereocenters. The minimum Gasteiger partial charge on any atom is -0.480 e. The van der Waals surface area contributed by atoms with Gasteiger partial charge in [-0.05, 0) is 39.3 Å². The fraction of sp³-hybridized carbons (Fsp3) is 0.467. The molecule has 2 N–H and O–H groups in total. The van der Waals surface area contributed by atoms with Gasteiger partial charge in [0.05, 0.1) is 5.69 Å². The van der Waals surface area contributed by atoms with E-state index >= 15 is 0 Å². The maximum atomic E-state index is 12.1. The second-order valence-corrected chi connectivity index (χ2v) is 5.43. The molecule has 0 fully saturated rings. The molecule has 2 aromatic rings. The summed E-state index contributed by atoms with van der Waals surface area (Å²) in [4.78, 5) is 23.2. The molecule has 0 aromatic carbocycles. The molecular formula is C15H21N5O3. The summed E-state index contributed by atoms with van der Waals surface area (Å²) in [6.07, 6.45) is 2.15. The minimum atomic E-state index is -1.03. The van der Waals surface area contributed by atoms with Crippen molar-refractivity contribution >= 4 is 11.9 Å².